The molecule has 1 N–H and O–H groups in total. The molecular formula is C25H27F3N6O. The van der Waals surface area contributed by atoms with Gasteiger partial charge in [0.2, 0.25) is 0 Å². The summed E-state index contributed by atoms with van der Waals surface area (Å²) >= 11 is 0. The zero-order valence-corrected chi connectivity index (χ0v) is 19.8. The fourth-order valence-electron chi connectivity index (χ4n) is 4.31. The molecule has 0 bridgehead atoms. The number of hydrogen-bond donors (Lipinski definition) is 1. The quantitative estimate of drug-likeness (QED) is 0.448. The molecule has 0 radical (unpaired) electrons. The SMILES string of the molecule is C=N/C(=C\N(C)C[C@H]1CCOc2c(C(C)C)cccc21)c1cc(-c2nn[nH]c2C(F)(F)F)ccn1. The molecule has 1 aliphatic heterocycles. The smallest absolute Gasteiger partial charge is 0.435 e. The number of likely N-dealkylation sites (N-methyl/N-ethyl adjacent to an activating group) is 1. The van der Waals surface area contributed by atoms with Gasteiger partial charge in [-0.15, -0.1) is 5.10 Å². The van der Waals surface area contributed by atoms with E-state index in [1.165, 1.54) is 29.5 Å². The van der Waals surface area contributed by atoms with E-state index in [2.05, 4.69) is 59.1 Å². The number of rotatable bonds is 7. The summed E-state index contributed by atoms with van der Waals surface area (Å²) in [6.07, 6.45) is -0.508. The summed E-state index contributed by atoms with van der Waals surface area (Å²) in [5.41, 5.74) is 2.13. The number of halogens is 3. The maximum absolute atomic E-state index is 13.3. The van der Waals surface area contributed by atoms with Crippen LogP contribution in [0.25, 0.3) is 17.0 Å². The van der Waals surface area contributed by atoms with Crippen LogP contribution in [0, 0.1) is 0 Å². The van der Waals surface area contributed by atoms with Crippen LogP contribution in [0.2, 0.25) is 0 Å². The fourth-order valence-corrected chi connectivity index (χ4v) is 4.31. The topological polar surface area (TPSA) is 79.3 Å². The first-order valence-electron chi connectivity index (χ1n) is 11.3. The molecule has 0 saturated heterocycles. The third-order valence-corrected chi connectivity index (χ3v) is 6.00. The number of ether oxygens (including phenoxy) is 1. The highest BCUT2D eigenvalue weighted by Gasteiger charge is 2.37. The second-order valence-electron chi connectivity index (χ2n) is 8.83. The van der Waals surface area contributed by atoms with Crippen molar-refractivity contribution in [1.82, 2.24) is 25.3 Å². The molecule has 0 saturated carbocycles. The molecule has 1 aromatic carbocycles. The van der Waals surface area contributed by atoms with Gasteiger partial charge in [0.05, 0.1) is 12.3 Å². The average molecular weight is 485 g/mol. The number of fused-ring (bicyclic) bond motifs is 1. The van der Waals surface area contributed by atoms with Gasteiger partial charge in [-0.25, -0.2) is 0 Å². The van der Waals surface area contributed by atoms with Gasteiger partial charge < -0.3 is 9.64 Å². The molecule has 0 aliphatic carbocycles. The Balaban J connectivity index is 1.58. The normalized spacial score (nSPS) is 16.1. The predicted molar refractivity (Wildman–Crippen MR) is 128 cm³/mol. The lowest BCUT2D eigenvalue weighted by atomic mass is 9.88. The molecule has 0 fully saturated rings. The van der Waals surface area contributed by atoms with Crippen molar-refractivity contribution in [1.29, 1.82) is 0 Å². The highest BCUT2D eigenvalue weighted by Crippen LogP contribution is 2.39. The Morgan fingerprint density at radius 2 is 2.14 bits per heavy atom. The monoisotopic (exact) mass is 484 g/mol. The molecule has 0 amide bonds. The van der Waals surface area contributed by atoms with Crippen LogP contribution in [0.3, 0.4) is 0 Å². The van der Waals surface area contributed by atoms with Gasteiger partial charge in [-0.1, -0.05) is 37.3 Å². The van der Waals surface area contributed by atoms with E-state index in [4.69, 9.17) is 4.74 Å². The highest BCUT2D eigenvalue weighted by atomic mass is 19.4. The number of para-hydroxylation sites is 1. The van der Waals surface area contributed by atoms with Crippen molar-refractivity contribution in [2.75, 3.05) is 20.2 Å². The minimum atomic E-state index is -4.60. The van der Waals surface area contributed by atoms with Crippen molar-refractivity contribution < 1.29 is 17.9 Å². The first-order valence-corrected chi connectivity index (χ1v) is 11.3. The molecule has 2 aromatic heterocycles. The number of H-pyrrole nitrogens is 1. The van der Waals surface area contributed by atoms with Gasteiger partial charge in [0.1, 0.15) is 17.1 Å². The minimum absolute atomic E-state index is 0.229. The lowest BCUT2D eigenvalue weighted by molar-refractivity contribution is -0.140. The van der Waals surface area contributed by atoms with E-state index in [0.29, 0.717) is 30.5 Å². The van der Waals surface area contributed by atoms with Gasteiger partial charge >= 0.3 is 6.18 Å². The van der Waals surface area contributed by atoms with Crippen LogP contribution in [0.5, 0.6) is 5.75 Å². The van der Waals surface area contributed by atoms with Crippen molar-refractivity contribution in [3.05, 3.63) is 65.2 Å². The Hall–Kier alpha value is -3.69. The summed E-state index contributed by atoms with van der Waals surface area (Å²) in [5, 5.41) is 8.87. The minimum Gasteiger partial charge on any atom is -0.493 e. The van der Waals surface area contributed by atoms with Crippen molar-refractivity contribution in [2.24, 2.45) is 4.99 Å². The predicted octanol–water partition coefficient (Wildman–Crippen LogP) is 5.51. The van der Waals surface area contributed by atoms with Crippen molar-refractivity contribution in [3.8, 4) is 17.0 Å². The maximum Gasteiger partial charge on any atom is 0.435 e. The van der Waals surface area contributed by atoms with Crippen LogP contribution in [0.4, 0.5) is 13.2 Å². The van der Waals surface area contributed by atoms with Gasteiger partial charge in [-0.05, 0) is 42.3 Å². The number of pyridine rings is 1. The third-order valence-electron chi connectivity index (χ3n) is 6.00. The summed E-state index contributed by atoms with van der Waals surface area (Å²) in [5.74, 6) is 1.59. The van der Waals surface area contributed by atoms with E-state index < -0.39 is 11.9 Å². The van der Waals surface area contributed by atoms with E-state index in [0.717, 1.165) is 12.2 Å². The van der Waals surface area contributed by atoms with Crippen LogP contribution < -0.4 is 4.74 Å². The van der Waals surface area contributed by atoms with E-state index >= 15 is 0 Å². The number of aromatic amines is 1. The number of nitrogens with zero attached hydrogens (tertiary/aromatic N) is 5. The van der Waals surface area contributed by atoms with E-state index in [1.54, 1.807) is 6.20 Å². The van der Waals surface area contributed by atoms with Crippen molar-refractivity contribution in [3.63, 3.8) is 0 Å². The number of aliphatic imine (C=N–C) groups is 1. The van der Waals surface area contributed by atoms with Crippen molar-refractivity contribution in [2.45, 2.75) is 38.3 Å². The Labute approximate surface area is 201 Å². The molecule has 35 heavy (non-hydrogen) atoms. The first kappa shape index (κ1) is 24.4. The highest BCUT2D eigenvalue weighted by molar-refractivity contribution is 5.70. The molecule has 0 unspecified atom stereocenters. The summed E-state index contributed by atoms with van der Waals surface area (Å²) < 4.78 is 45.9. The fraction of sp³-hybridized carbons (Fsp3) is 0.360. The number of alkyl halides is 3. The van der Waals surface area contributed by atoms with E-state index in [9.17, 15) is 13.2 Å². The van der Waals surface area contributed by atoms with Gasteiger partial charge in [0.15, 0.2) is 5.69 Å². The number of nitrogens with one attached hydrogen (secondary N) is 1. The summed E-state index contributed by atoms with van der Waals surface area (Å²) in [6.45, 7) is 9.29. The zero-order valence-electron chi connectivity index (χ0n) is 19.8. The Morgan fingerprint density at radius 1 is 1.34 bits per heavy atom. The molecule has 1 aliphatic rings. The van der Waals surface area contributed by atoms with Crippen LogP contribution in [-0.4, -0.2) is 52.2 Å². The van der Waals surface area contributed by atoms with Gasteiger partial charge in [-0.2, -0.15) is 13.2 Å². The lowest BCUT2D eigenvalue weighted by Gasteiger charge is -2.31. The van der Waals surface area contributed by atoms with Crippen LogP contribution >= 0.6 is 0 Å². The number of benzene rings is 1. The molecular weight excluding hydrogens is 457 g/mol. The first-order chi connectivity index (χ1) is 16.7. The molecule has 1 atom stereocenters. The maximum atomic E-state index is 13.3. The molecule has 3 aromatic rings. The standard InChI is InChI=1S/C25H27F3N6O/c1-15(2)18-6-5-7-19-17(9-11-35-23(18)19)13-34(4)14-21(29-3)20-12-16(8-10-30-20)22-24(25(26,27)28)32-33-31-22/h5-8,10,12,14-15,17H,3,9,11,13H2,1-2,4H3,(H,31,32,33)/b21-14-/t17-/m1/s1. The number of hydrogen-bond acceptors (Lipinski definition) is 6. The van der Waals surface area contributed by atoms with Gasteiger partial charge in [0.25, 0.3) is 0 Å². The third kappa shape index (κ3) is 5.21. The molecule has 10 heteroatoms. The molecule has 7 nitrogen and oxygen atoms in total. The molecule has 184 valence electrons. The van der Waals surface area contributed by atoms with Crippen LogP contribution in [0.15, 0.2) is 47.7 Å². The average Bonchev–Trinajstić information content (AvgIpc) is 3.33. The van der Waals surface area contributed by atoms with Gasteiger partial charge in [-0.3, -0.25) is 15.1 Å². The van der Waals surface area contributed by atoms with E-state index in [-0.39, 0.29) is 17.2 Å². The summed E-state index contributed by atoms with van der Waals surface area (Å²) in [4.78, 5) is 10.4. The molecule has 4 rings (SSSR count). The summed E-state index contributed by atoms with van der Waals surface area (Å²) in [7, 11) is 1.93. The Bertz CT molecular complexity index is 1230. The largest absolute Gasteiger partial charge is 0.493 e. The zero-order chi connectivity index (χ0) is 25.2. The van der Waals surface area contributed by atoms with E-state index in [1.807, 2.05) is 17.0 Å². The lowest BCUT2D eigenvalue weighted by Crippen LogP contribution is -2.25. The van der Waals surface area contributed by atoms with Crippen LogP contribution in [-0.2, 0) is 6.18 Å². The Kier molecular flexibility index (Phi) is 6.90. The molecule has 0 spiro atoms. The summed E-state index contributed by atoms with van der Waals surface area (Å²) in [6, 6.07) is 9.23. The second kappa shape index (κ2) is 9.89. The van der Waals surface area contributed by atoms with Gasteiger partial charge in [0, 0.05) is 37.5 Å². The van der Waals surface area contributed by atoms with Crippen LogP contribution in [0.1, 0.15) is 54.6 Å². The second-order valence-corrected chi connectivity index (χ2v) is 8.83. The van der Waals surface area contributed by atoms with Crippen molar-refractivity contribution >= 4 is 12.4 Å². The Morgan fingerprint density at radius 3 is 2.86 bits per heavy atom. The number of aromatic nitrogens is 4. The molecule has 3 heterocycles.